The Hall–Kier alpha value is -0.410. The van der Waals surface area contributed by atoms with Crippen molar-refractivity contribution in [2.24, 2.45) is 5.92 Å². The van der Waals surface area contributed by atoms with Gasteiger partial charge in [-0.2, -0.15) is 0 Å². The molecule has 1 atom stereocenters. The molecular weight excluding hydrogens is 252 g/mol. The van der Waals surface area contributed by atoms with Crippen molar-refractivity contribution in [1.82, 2.24) is 10.3 Å². The molecule has 1 aromatic rings. The summed E-state index contributed by atoms with van der Waals surface area (Å²) < 4.78 is 1.13. The minimum absolute atomic E-state index is 0.445. The molecule has 1 N–H and O–H groups in total. The predicted octanol–water partition coefficient (Wildman–Crippen LogP) is 3.29. The third-order valence-corrected chi connectivity index (χ3v) is 3.46. The van der Waals surface area contributed by atoms with Crippen molar-refractivity contribution >= 4 is 15.9 Å². The van der Waals surface area contributed by atoms with Crippen LogP contribution in [0.15, 0.2) is 22.8 Å². The van der Waals surface area contributed by atoms with Crippen LogP contribution in [0.25, 0.3) is 0 Å². The first-order chi connectivity index (χ1) is 7.33. The topological polar surface area (TPSA) is 24.9 Å². The first-order valence-corrected chi connectivity index (χ1v) is 6.46. The highest BCUT2D eigenvalue weighted by molar-refractivity contribution is 9.10. The fourth-order valence-electron chi connectivity index (χ4n) is 1.84. The SMILES string of the molecule is CCCNC(c1ncccc1Br)C1CC1. The van der Waals surface area contributed by atoms with Crippen LogP contribution >= 0.6 is 15.9 Å². The zero-order valence-corrected chi connectivity index (χ0v) is 10.6. The molecule has 0 bridgehead atoms. The molecule has 0 amide bonds. The molecule has 82 valence electrons. The van der Waals surface area contributed by atoms with Crippen molar-refractivity contribution in [3.63, 3.8) is 0 Å². The van der Waals surface area contributed by atoms with Crippen LogP contribution < -0.4 is 5.32 Å². The molecule has 0 radical (unpaired) electrons. The van der Waals surface area contributed by atoms with Gasteiger partial charge in [-0.1, -0.05) is 6.92 Å². The van der Waals surface area contributed by atoms with Gasteiger partial charge >= 0.3 is 0 Å². The molecule has 2 nitrogen and oxygen atoms in total. The summed E-state index contributed by atoms with van der Waals surface area (Å²) in [4.78, 5) is 4.48. The average molecular weight is 269 g/mol. The monoisotopic (exact) mass is 268 g/mol. The van der Waals surface area contributed by atoms with E-state index in [1.165, 1.54) is 25.0 Å². The number of hydrogen-bond donors (Lipinski definition) is 1. The number of rotatable bonds is 5. The predicted molar refractivity (Wildman–Crippen MR) is 65.7 cm³/mol. The Bertz CT molecular complexity index is 323. The molecule has 1 heterocycles. The summed E-state index contributed by atoms with van der Waals surface area (Å²) in [6.07, 6.45) is 5.73. The Kier molecular flexibility index (Phi) is 3.76. The van der Waals surface area contributed by atoms with Crippen LogP contribution in [0.4, 0.5) is 0 Å². The lowest BCUT2D eigenvalue weighted by Gasteiger charge is -2.18. The van der Waals surface area contributed by atoms with Crippen LogP contribution in [-0.2, 0) is 0 Å². The van der Waals surface area contributed by atoms with Crippen LogP contribution in [0, 0.1) is 5.92 Å². The standard InChI is InChI=1S/C12H17BrN2/c1-2-7-14-11(9-5-6-9)12-10(13)4-3-8-15-12/h3-4,8-9,11,14H,2,5-7H2,1H3. The van der Waals surface area contributed by atoms with Gasteiger partial charge in [0.05, 0.1) is 11.7 Å². The first kappa shape index (κ1) is 11.1. The minimum Gasteiger partial charge on any atom is -0.308 e. The number of nitrogens with zero attached hydrogens (tertiary/aromatic N) is 1. The maximum atomic E-state index is 4.48. The number of hydrogen-bond acceptors (Lipinski definition) is 2. The van der Waals surface area contributed by atoms with E-state index in [0.717, 1.165) is 16.9 Å². The van der Waals surface area contributed by atoms with Gasteiger partial charge < -0.3 is 5.32 Å². The maximum absolute atomic E-state index is 4.48. The second kappa shape index (κ2) is 5.08. The fraction of sp³-hybridized carbons (Fsp3) is 0.583. The Labute approximate surface area is 99.6 Å². The van der Waals surface area contributed by atoms with Gasteiger partial charge in [0.25, 0.3) is 0 Å². The summed E-state index contributed by atoms with van der Waals surface area (Å²) in [6, 6.07) is 4.49. The van der Waals surface area contributed by atoms with Gasteiger partial charge in [0.1, 0.15) is 0 Å². The van der Waals surface area contributed by atoms with E-state index in [-0.39, 0.29) is 0 Å². The van der Waals surface area contributed by atoms with Crippen LogP contribution in [0.5, 0.6) is 0 Å². The Morgan fingerprint density at radius 3 is 3.00 bits per heavy atom. The molecule has 1 aliphatic rings. The molecule has 1 aliphatic carbocycles. The smallest absolute Gasteiger partial charge is 0.0717 e. The maximum Gasteiger partial charge on any atom is 0.0717 e. The Morgan fingerprint density at radius 2 is 2.40 bits per heavy atom. The van der Waals surface area contributed by atoms with Gasteiger partial charge in [-0.05, 0) is 59.8 Å². The van der Waals surface area contributed by atoms with E-state index >= 15 is 0 Å². The molecule has 15 heavy (non-hydrogen) atoms. The highest BCUT2D eigenvalue weighted by Crippen LogP contribution is 2.41. The molecule has 1 aromatic heterocycles. The van der Waals surface area contributed by atoms with E-state index in [1.807, 2.05) is 12.3 Å². The third kappa shape index (κ3) is 2.79. The summed E-state index contributed by atoms with van der Waals surface area (Å²) >= 11 is 3.58. The molecule has 1 unspecified atom stereocenters. The first-order valence-electron chi connectivity index (χ1n) is 5.66. The lowest BCUT2D eigenvalue weighted by Crippen LogP contribution is -2.25. The second-order valence-corrected chi connectivity index (χ2v) is 4.99. The van der Waals surface area contributed by atoms with Gasteiger partial charge in [-0.25, -0.2) is 0 Å². The molecular formula is C12H17BrN2. The molecule has 1 fully saturated rings. The number of nitrogens with one attached hydrogen (secondary N) is 1. The van der Waals surface area contributed by atoms with Crippen molar-refractivity contribution in [3.05, 3.63) is 28.5 Å². The lowest BCUT2D eigenvalue weighted by atomic mass is 10.1. The van der Waals surface area contributed by atoms with Crippen LogP contribution in [0.2, 0.25) is 0 Å². The summed E-state index contributed by atoms with van der Waals surface area (Å²) in [5.74, 6) is 0.794. The summed E-state index contributed by atoms with van der Waals surface area (Å²) in [7, 11) is 0. The molecule has 1 saturated carbocycles. The van der Waals surface area contributed by atoms with Gasteiger partial charge in [0.2, 0.25) is 0 Å². The second-order valence-electron chi connectivity index (χ2n) is 4.14. The van der Waals surface area contributed by atoms with Gasteiger partial charge in [0, 0.05) is 10.7 Å². The van der Waals surface area contributed by atoms with Crippen molar-refractivity contribution < 1.29 is 0 Å². The lowest BCUT2D eigenvalue weighted by molar-refractivity contribution is 0.469. The summed E-state index contributed by atoms with van der Waals surface area (Å²) in [6.45, 7) is 3.27. The molecule has 2 rings (SSSR count). The van der Waals surface area contributed by atoms with Crippen molar-refractivity contribution in [2.75, 3.05) is 6.54 Å². The quantitative estimate of drug-likeness (QED) is 0.887. The largest absolute Gasteiger partial charge is 0.308 e. The molecule has 0 saturated heterocycles. The Morgan fingerprint density at radius 1 is 1.60 bits per heavy atom. The van der Waals surface area contributed by atoms with E-state index in [9.17, 15) is 0 Å². The van der Waals surface area contributed by atoms with Crippen molar-refractivity contribution in [2.45, 2.75) is 32.2 Å². The normalized spacial score (nSPS) is 17.7. The molecule has 0 aliphatic heterocycles. The fourth-order valence-corrected chi connectivity index (χ4v) is 2.34. The van der Waals surface area contributed by atoms with E-state index in [1.54, 1.807) is 0 Å². The highest BCUT2D eigenvalue weighted by atomic mass is 79.9. The molecule has 0 spiro atoms. The average Bonchev–Trinajstić information content (AvgIpc) is 3.05. The number of halogens is 1. The van der Waals surface area contributed by atoms with Gasteiger partial charge in [-0.15, -0.1) is 0 Å². The highest BCUT2D eigenvalue weighted by Gasteiger charge is 2.33. The van der Waals surface area contributed by atoms with E-state index in [4.69, 9.17) is 0 Å². The molecule has 3 heteroatoms. The summed E-state index contributed by atoms with van der Waals surface area (Å²) in [5.41, 5.74) is 1.17. The van der Waals surface area contributed by atoms with Gasteiger partial charge in [-0.3, -0.25) is 4.98 Å². The zero-order chi connectivity index (χ0) is 10.7. The van der Waals surface area contributed by atoms with E-state index < -0.39 is 0 Å². The summed E-state index contributed by atoms with van der Waals surface area (Å²) in [5, 5.41) is 3.60. The van der Waals surface area contributed by atoms with Crippen LogP contribution in [-0.4, -0.2) is 11.5 Å². The van der Waals surface area contributed by atoms with E-state index in [0.29, 0.717) is 6.04 Å². The Balaban J connectivity index is 2.13. The van der Waals surface area contributed by atoms with Crippen molar-refractivity contribution in [3.8, 4) is 0 Å². The minimum atomic E-state index is 0.445. The third-order valence-electron chi connectivity index (χ3n) is 2.79. The van der Waals surface area contributed by atoms with Crippen molar-refractivity contribution in [1.29, 1.82) is 0 Å². The van der Waals surface area contributed by atoms with Gasteiger partial charge in [0.15, 0.2) is 0 Å². The molecule has 0 aromatic carbocycles. The number of aromatic nitrogens is 1. The number of pyridine rings is 1. The zero-order valence-electron chi connectivity index (χ0n) is 9.04. The van der Waals surface area contributed by atoms with Crippen LogP contribution in [0.3, 0.4) is 0 Å². The van der Waals surface area contributed by atoms with Crippen LogP contribution in [0.1, 0.15) is 37.9 Å². The van der Waals surface area contributed by atoms with E-state index in [2.05, 4.69) is 39.2 Å².